The van der Waals surface area contributed by atoms with E-state index < -0.39 is 0 Å². The number of hydrogen-bond donors (Lipinski definition) is 1. The Morgan fingerprint density at radius 2 is 2.00 bits per heavy atom. The number of carbonyl (C=O) groups excluding carboxylic acids is 1. The lowest BCUT2D eigenvalue weighted by molar-refractivity contribution is -0.133. The first kappa shape index (κ1) is 16.4. The molecule has 21 heavy (non-hydrogen) atoms. The molecular weight excluding hydrogens is 280 g/mol. The molecule has 1 heterocycles. The monoisotopic (exact) mass is 306 g/mol. The summed E-state index contributed by atoms with van der Waals surface area (Å²) in [4.78, 5) is 14.8. The molecule has 1 N–H and O–H groups in total. The Bertz CT molecular complexity index is 418. The van der Waals surface area contributed by atoms with Crippen LogP contribution in [0.1, 0.15) is 25.3 Å². The molecule has 1 fully saturated rings. The summed E-state index contributed by atoms with van der Waals surface area (Å²) in [6, 6.07) is 10.2. The molecule has 0 saturated carbocycles. The zero-order chi connectivity index (χ0) is 14.9. The number of amides is 1. The third kappa shape index (κ3) is 5.36. The first-order chi connectivity index (χ1) is 10.3. The van der Waals surface area contributed by atoms with Crippen LogP contribution in [-0.4, -0.2) is 48.0 Å². The molecule has 1 aromatic rings. The number of nitrogens with zero attached hydrogens (tertiary/aromatic N) is 1. The van der Waals surface area contributed by atoms with Crippen molar-refractivity contribution in [3.63, 3.8) is 0 Å². The predicted octanol–water partition coefficient (Wildman–Crippen LogP) is 2.56. The molecule has 0 aromatic heterocycles. The molecule has 1 aromatic carbocycles. The Morgan fingerprint density at radius 1 is 1.29 bits per heavy atom. The molecule has 1 saturated heterocycles. The van der Waals surface area contributed by atoms with Crippen LogP contribution in [0.5, 0.6) is 0 Å². The van der Waals surface area contributed by atoms with Gasteiger partial charge < -0.3 is 10.2 Å². The number of rotatable bonds is 7. The smallest absolute Gasteiger partial charge is 0.240 e. The molecule has 0 aliphatic carbocycles. The molecule has 0 bridgehead atoms. The van der Waals surface area contributed by atoms with E-state index in [1.807, 2.05) is 34.9 Å². The maximum atomic E-state index is 12.8. The van der Waals surface area contributed by atoms with Crippen LogP contribution in [0.4, 0.5) is 0 Å². The summed E-state index contributed by atoms with van der Waals surface area (Å²) >= 11 is 1.94. The summed E-state index contributed by atoms with van der Waals surface area (Å²) in [5, 5.41) is 3.47. The van der Waals surface area contributed by atoms with Gasteiger partial charge in [-0.25, -0.2) is 0 Å². The Labute approximate surface area is 132 Å². The van der Waals surface area contributed by atoms with Gasteiger partial charge in [-0.1, -0.05) is 43.7 Å². The first-order valence-corrected chi connectivity index (χ1v) is 9.10. The van der Waals surface area contributed by atoms with E-state index in [2.05, 4.69) is 24.4 Å². The van der Waals surface area contributed by atoms with Crippen LogP contribution in [-0.2, 0) is 11.2 Å². The van der Waals surface area contributed by atoms with Crippen LogP contribution in [0.2, 0.25) is 0 Å². The van der Waals surface area contributed by atoms with E-state index >= 15 is 0 Å². The van der Waals surface area contributed by atoms with Gasteiger partial charge in [0.25, 0.3) is 0 Å². The summed E-state index contributed by atoms with van der Waals surface area (Å²) in [6.45, 7) is 4.88. The number of hydrogen-bond acceptors (Lipinski definition) is 3. The lowest BCUT2D eigenvalue weighted by atomic mass is 10.0. The van der Waals surface area contributed by atoms with Gasteiger partial charge in [-0.2, -0.15) is 11.8 Å². The molecule has 1 aliphatic rings. The fourth-order valence-corrected chi connectivity index (χ4v) is 3.46. The molecule has 0 spiro atoms. The van der Waals surface area contributed by atoms with Crippen molar-refractivity contribution in [1.82, 2.24) is 10.2 Å². The highest BCUT2D eigenvalue weighted by molar-refractivity contribution is 7.99. The van der Waals surface area contributed by atoms with Gasteiger partial charge >= 0.3 is 0 Å². The van der Waals surface area contributed by atoms with Gasteiger partial charge in [0.2, 0.25) is 5.91 Å². The highest BCUT2D eigenvalue weighted by Gasteiger charge is 2.25. The fourth-order valence-electron chi connectivity index (χ4n) is 2.55. The lowest BCUT2D eigenvalue weighted by Crippen LogP contribution is -2.50. The summed E-state index contributed by atoms with van der Waals surface area (Å²) in [6.07, 6.45) is 3.06. The molecular formula is C17H26N2OS. The van der Waals surface area contributed by atoms with Gasteiger partial charge in [-0.3, -0.25) is 4.79 Å². The molecule has 2 rings (SSSR count). The number of benzene rings is 1. The largest absolute Gasteiger partial charge is 0.340 e. The van der Waals surface area contributed by atoms with E-state index in [-0.39, 0.29) is 11.9 Å². The van der Waals surface area contributed by atoms with Crippen molar-refractivity contribution >= 4 is 17.7 Å². The number of unbranched alkanes of at least 4 members (excludes halogenated alkanes) is 1. The molecule has 3 nitrogen and oxygen atoms in total. The average Bonchev–Trinajstić information content (AvgIpc) is 2.55. The van der Waals surface area contributed by atoms with E-state index in [0.717, 1.165) is 50.4 Å². The topological polar surface area (TPSA) is 32.3 Å². The second kappa shape index (κ2) is 9.11. The van der Waals surface area contributed by atoms with E-state index in [1.54, 1.807) is 0 Å². The van der Waals surface area contributed by atoms with Gasteiger partial charge in [-0.15, -0.1) is 0 Å². The van der Waals surface area contributed by atoms with Crippen LogP contribution in [0.3, 0.4) is 0 Å². The molecule has 116 valence electrons. The van der Waals surface area contributed by atoms with Crippen molar-refractivity contribution < 1.29 is 4.79 Å². The Kier molecular flexibility index (Phi) is 7.10. The highest BCUT2D eigenvalue weighted by Crippen LogP contribution is 2.12. The van der Waals surface area contributed by atoms with Gasteiger partial charge in [0, 0.05) is 24.6 Å². The van der Waals surface area contributed by atoms with Crippen molar-refractivity contribution in [3.8, 4) is 0 Å². The van der Waals surface area contributed by atoms with Crippen molar-refractivity contribution in [2.45, 2.75) is 32.2 Å². The second-order valence-electron chi connectivity index (χ2n) is 5.49. The molecule has 4 heteroatoms. The number of nitrogens with one attached hydrogen (secondary N) is 1. The quantitative estimate of drug-likeness (QED) is 0.786. The zero-order valence-electron chi connectivity index (χ0n) is 12.9. The SMILES string of the molecule is CCCCN[C@@H](Cc1ccccc1)C(=O)N1CCSCC1. The van der Waals surface area contributed by atoms with Crippen molar-refractivity contribution in [3.05, 3.63) is 35.9 Å². The third-order valence-electron chi connectivity index (χ3n) is 3.82. The average molecular weight is 306 g/mol. The van der Waals surface area contributed by atoms with Gasteiger partial charge in [-0.05, 0) is 24.9 Å². The summed E-state index contributed by atoms with van der Waals surface area (Å²) < 4.78 is 0. The molecule has 1 amide bonds. The van der Waals surface area contributed by atoms with Gasteiger partial charge in [0.05, 0.1) is 6.04 Å². The van der Waals surface area contributed by atoms with Crippen molar-refractivity contribution in [1.29, 1.82) is 0 Å². The summed E-state index contributed by atoms with van der Waals surface area (Å²) in [5.74, 6) is 2.41. The van der Waals surface area contributed by atoms with Crippen LogP contribution in [0.25, 0.3) is 0 Å². The molecule has 1 aliphatic heterocycles. The third-order valence-corrected chi connectivity index (χ3v) is 4.77. The van der Waals surface area contributed by atoms with Crippen LogP contribution >= 0.6 is 11.8 Å². The van der Waals surface area contributed by atoms with Crippen molar-refractivity contribution in [2.75, 3.05) is 31.1 Å². The zero-order valence-corrected chi connectivity index (χ0v) is 13.7. The minimum atomic E-state index is -0.0814. The fraction of sp³-hybridized carbons (Fsp3) is 0.588. The predicted molar refractivity (Wildman–Crippen MR) is 90.7 cm³/mol. The molecule has 1 atom stereocenters. The van der Waals surface area contributed by atoms with Crippen molar-refractivity contribution in [2.24, 2.45) is 0 Å². The van der Waals surface area contributed by atoms with Gasteiger partial charge in [0.1, 0.15) is 0 Å². The van der Waals surface area contributed by atoms with Crippen LogP contribution < -0.4 is 5.32 Å². The Hall–Kier alpha value is -1.00. The minimum absolute atomic E-state index is 0.0814. The lowest BCUT2D eigenvalue weighted by Gasteiger charge is -2.30. The van der Waals surface area contributed by atoms with E-state index in [9.17, 15) is 4.79 Å². The van der Waals surface area contributed by atoms with E-state index in [1.165, 1.54) is 5.56 Å². The first-order valence-electron chi connectivity index (χ1n) is 7.95. The molecule has 0 radical (unpaired) electrons. The second-order valence-corrected chi connectivity index (χ2v) is 6.71. The summed E-state index contributed by atoms with van der Waals surface area (Å²) in [5.41, 5.74) is 1.23. The Balaban J connectivity index is 1.98. The van der Waals surface area contributed by atoms with Gasteiger partial charge in [0.15, 0.2) is 0 Å². The minimum Gasteiger partial charge on any atom is -0.340 e. The van der Waals surface area contributed by atoms with Crippen LogP contribution in [0.15, 0.2) is 30.3 Å². The highest BCUT2D eigenvalue weighted by atomic mass is 32.2. The Morgan fingerprint density at radius 3 is 2.67 bits per heavy atom. The molecule has 0 unspecified atom stereocenters. The van der Waals surface area contributed by atoms with E-state index in [0.29, 0.717) is 0 Å². The summed E-state index contributed by atoms with van der Waals surface area (Å²) in [7, 11) is 0. The maximum Gasteiger partial charge on any atom is 0.240 e. The standard InChI is InChI=1S/C17H26N2OS/c1-2-3-9-18-16(14-15-7-5-4-6-8-15)17(20)19-10-12-21-13-11-19/h4-8,16,18H,2-3,9-14H2,1H3/t16-/m0/s1. The van der Waals surface area contributed by atoms with E-state index in [4.69, 9.17) is 0 Å². The maximum absolute atomic E-state index is 12.8. The van der Waals surface area contributed by atoms with Crippen LogP contribution in [0, 0.1) is 0 Å². The normalized spacial score (nSPS) is 16.7. The number of carbonyl (C=O) groups is 1. The number of thioether (sulfide) groups is 1.